The molecule has 0 aliphatic carbocycles. The molecular weight excluding hydrogens is 1140 g/mol. The van der Waals surface area contributed by atoms with E-state index in [1.807, 2.05) is 131 Å². The molecule has 4 heterocycles. The van der Waals surface area contributed by atoms with E-state index in [9.17, 15) is 31.9 Å². The summed E-state index contributed by atoms with van der Waals surface area (Å²) in [7, 11) is 8.54. The SMILES string of the molecule is C.COC(=O)C1(F)CNC1.Cl.Cl.N#CC1(F)CN(C(c2ccccc2)c2ccccc2)C1.O.O.O=C(O)C1(F)CN(C(c2ccccc2)c2ccccc2)C1.O=C(O)C1(F)CNC1.O=S(Cl)Cl.[Na+].[OH-].[Pd]. The summed E-state index contributed by atoms with van der Waals surface area (Å²) in [5.41, 5.74) is -3.21. The Labute approximate surface area is 464 Å². The Morgan fingerprint density at radius 2 is 0.900 bits per heavy atom. The van der Waals surface area contributed by atoms with E-state index in [2.05, 4.69) is 36.7 Å². The van der Waals surface area contributed by atoms with Crippen LogP contribution in [0, 0.1) is 11.3 Å². The second kappa shape index (κ2) is 35.4. The molecule has 4 aromatic carbocycles. The van der Waals surface area contributed by atoms with E-state index in [1.165, 1.54) is 7.11 Å². The monoisotopic (exact) mass is 1190 g/mol. The van der Waals surface area contributed by atoms with Crippen molar-refractivity contribution in [1.29, 1.82) is 5.26 Å². The van der Waals surface area contributed by atoms with Gasteiger partial charge in [0, 0.05) is 94.1 Å². The zero-order chi connectivity index (χ0) is 45.6. The average Bonchev–Trinajstić information content (AvgIpc) is 3.22. The normalized spacial score (nSPS) is 16.4. The molecule has 0 bridgehead atoms. The number of carboxylic acid groups (broad SMARTS) is 2. The predicted molar refractivity (Wildman–Crippen MR) is 257 cm³/mol. The number of hydrogen-bond acceptors (Lipinski definition) is 11. The van der Waals surface area contributed by atoms with E-state index in [4.69, 9.17) is 19.7 Å². The van der Waals surface area contributed by atoms with Gasteiger partial charge in [0.2, 0.25) is 31.9 Å². The first-order chi connectivity index (χ1) is 29.4. The van der Waals surface area contributed by atoms with Crippen LogP contribution in [0.3, 0.4) is 0 Å². The Hall–Kier alpha value is -2.81. The molecule has 0 spiro atoms. The van der Waals surface area contributed by atoms with Gasteiger partial charge in [-0.2, -0.15) is 5.26 Å². The fourth-order valence-electron chi connectivity index (χ4n) is 6.70. The summed E-state index contributed by atoms with van der Waals surface area (Å²) in [6.07, 6.45) is 0. The smallest absolute Gasteiger partial charge is 0.870 e. The van der Waals surface area contributed by atoms with Gasteiger partial charge in [-0.05, 0) is 22.3 Å². The van der Waals surface area contributed by atoms with E-state index in [0.717, 1.165) is 22.3 Å². The fourth-order valence-corrected chi connectivity index (χ4v) is 6.70. The van der Waals surface area contributed by atoms with E-state index in [1.54, 1.807) is 6.07 Å². The van der Waals surface area contributed by atoms with Crippen LogP contribution in [0.4, 0.5) is 17.6 Å². The number of carboxylic acids is 2. The number of likely N-dealkylation sites (tertiary alicyclic amines) is 2. The number of nitriles is 1. The first kappa shape index (κ1) is 76.1. The fraction of sp³-hybridized carbons (Fsp3) is 0.364. The van der Waals surface area contributed by atoms with Crippen molar-refractivity contribution < 1.29 is 118 Å². The third kappa shape index (κ3) is 21.3. The number of hydrogen-bond donors (Lipinski definition) is 4. The molecule has 0 aromatic heterocycles. The average molecular weight is 1190 g/mol. The number of benzene rings is 4. The molecule has 0 radical (unpaired) electrons. The van der Waals surface area contributed by atoms with Crippen molar-refractivity contribution in [2.24, 2.45) is 0 Å². The second-order valence-corrected chi connectivity index (χ2v) is 17.2. The van der Waals surface area contributed by atoms with Crippen molar-refractivity contribution in [3.63, 3.8) is 0 Å². The summed E-state index contributed by atoms with van der Waals surface area (Å²) >= 11 is 0. The zero-order valence-corrected chi connectivity index (χ0v) is 44.4. The second-order valence-electron chi connectivity index (χ2n) is 14.7. The molecule has 9 N–H and O–H groups in total. The van der Waals surface area contributed by atoms with Crippen molar-refractivity contribution in [3.8, 4) is 6.07 Å². The van der Waals surface area contributed by atoms with Crippen molar-refractivity contribution in [2.75, 3.05) is 59.5 Å². The van der Waals surface area contributed by atoms with E-state index in [0.29, 0.717) is 0 Å². The number of esters is 1. The van der Waals surface area contributed by atoms with Crippen LogP contribution in [0.1, 0.15) is 41.8 Å². The van der Waals surface area contributed by atoms with Gasteiger partial charge in [-0.3, -0.25) is 9.80 Å². The van der Waals surface area contributed by atoms with Gasteiger partial charge in [0.1, 0.15) is 6.07 Å². The van der Waals surface area contributed by atoms with E-state index >= 15 is 0 Å². The van der Waals surface area contributed by atoms with Crippen molar-refractivity contribution >= 4 is 73.3 Å². The van der Waals surface area contributed by atoms with Crippen LogP contribution in [0.2, 0.25) is 0 Å². The number of methoxy groups -OCH3 is 1. The Balaban J connectivity index is -0.000000267. The van der Waals surface area contributed by atoms with Crippen molar-refractivity contribution in [1.82, 2.24) is 20.4 Å². The summed E-state index contributed by atoms with van der Waals surface area (Å²) in [4.78, 5) is 35.2. The first-order valence-corrected chi connectivity index (χ1v) is 21.8. The summed E-state index contributed by atoms with van der Waals surface area (Å²) in [6, 6.07) is 41.2. The molecular formula is C44H56Cl4F4N5NaO10PdS. The Bertz CT molecular complexity index is 2080. The molecule has 0 unspecified atom stereocenters. The van der Waals surface area contributed by atoms with E-state index < -0.39 is 49.8 Å². The molecule has 0 saturated carbocycles. The first-order valence-electron chi connectivity index (χ1n) is 18.9. The van der Waals surface area contributed by atoms with Gasteiger partial charge in [-0.25, -0.2) is 36.2 Å². The zero-order valence-electron chi connectivity index (χ0n) is 36.9. The van der Waals surface area contributed by atoms with Crippen LogP contribution in [0.15, 0.2) is 121 Å². The molecule has 70 heavy (non-hydrogen) atoms. The third-order valence-electron chi connectivity index (χ3n) is 10.1. The van der Waals surface area contributed by atoms with Gasteiger partial charge in [0.25, 0.3) is 0 Å². The number of rotatable bonds is 9. The summed E-state index contributed by atoms with van der Waals surface area (Å²) in [6.45, 7) is 0.216. The van der Waals surface area contributed by atoms with Crippen LogP contribution in [0.5, 0.6) is 0 Å². The third-order valence-corrected chi connectivity index (χ3v) is 10.1. The van der Waals surface area contributed by atoms with Crippen LogP contribution >= 0.6 is 46.2 Å². The Morgan fingerprint density at radius 1 is 0.643 bits per heavy atom. The maximum atomic E-state index is 14.0. The molecule has 15 nitrogen and oxygen atoms in total. The minimum atomic E-state index is -2.12. The molecule has 8 rings (SSSR count). The largest absolute Gasteiger partial charge is 1.00 e. The number of carbonyl (C=O) groups excluding carboxylic acids is 1. The standard InChI is InChI=1S/C17H15FN2.C17H16FNO2.C5H8FNO2.C4H6FNO2.CH4.Cl2OS.2ClH.Na.3H2O.Pd/c18-17(11-19)12-20(13-17)16(14-7-3-1-4-8-14)15-9-5-2-6-10-15;18-17(16(20)21)11-19(12-17)15(13-7-3-1-4-8-13)14-9-5-2-6-10-14;1-9-4(8)5(6)2-7-3-5;5-4(3(7)8)1-6-2-4;;1-4(2)3;;;;;;;/h1-10,16H,12-13H2;1-10,15H,11-12H2,(H,20,21);7H,2-3H2,1H3;6H,1-2H2,(H,7,8);1H4;;2*1H;;3*1H2;/q;;;;;;;;+1;;;;/p-1. The number of nitrogens with one attached hydrogen (secondary N) is 2. The number of halogens is 8. The molecule has 4 saturated heterocycles. The van der Waals surface area contributed by atoms with Crippen LogP contribution in [0.25, 0.3) is 0 Å². The number of aliphatic carboxylic acids is 2. The van der Waals surface area contributed by atoms with E-state index in [-0.39, 0.29) is 163 Å². The molecule has 4 fully saturated rings. The minimum absolute atomic E-state index is 0. The number of carbonyl (C=O) groups is 3. The number of nitrogens with zero attached hydrogens (tertiary/aromatic N) is 3. The molecule has 4 aromatic rings. The summed E-state index contributed by atoms with van der Waals surface area (Å²) in [5.74, 6) is -3.52. The van der Waals surface area contributed by atoms with Crippen molar-refractivity contribution in [3.05, 3.63) is 144 Å². The molecule has 4 aliphatic rings. The van der Waals surface area contributed by atoms with Gasteiger partial charge >= 0.3 is 47.5 Å². The van der Waals surface area contributed by atoms with Gasteiger partial charge in [-0.15, -0.1) is 24.8 Å². The van der Waals surface area contributed by atoms with Gasteiger partial charge in [0.05, 0.1) is 19.2 Å². The number of alkyl halides is 4. The predicted octanol–water partition coefficient (Wildman–Crippen LogP) is 2.76. The Kier molecular flexibility index (Phi) is 38.5. The summed E-state index contributed by atoms with van der Waals surface area (Å²) in [5, 5.41) is 31.0. The molecule has 4 aliphatic heterocycles. The minimum Gasteiger partial charge on any atom is -0.870 e. The summed E-state index contributed by atoms with van der Waals surface area (Å²) < 4.78 is 66.3. The molecule has 390 valence electrons. The maximum Gasteiger partial charge on any atom is 1.00 e. The quantitative estimate of drug-likeness (QED) is 0.0815. The van der Waals surface area contributed by atoms with Crippen LogP contribution < -0.4 is 40.2 Å². The van der Waals surface area contributed by atoms with Gasteiger partial charge in [-0.1, -0.05) is 129 Å². The maximum absolute atomic E-state index is 14.0. The van der Waals surface area contributed by atoms with Crippen LogP contribution in [-0.4, -0.2) is 141 Å². The molecule has 0 atom stereocenters. The van der Waals surface area contributed by atoms with Gasteiger partial charge in [0.15, 0.2) is 0 Å². The molecule has 26 heteroatoms. The number of ether oxygens (including phenoxy) is 1. The topological polar surface area (TPSA) is 265 Å². The molecule has 0 amide bonds. The van der Waals surface area contributed by atoms with Crippen LogP contribution in [-0.2, 0) is 48.8 Å². The Morgan fingerprint density at radius 3 is 1.07 bits per heavy atom. The van der Waals surface area contributed by atoms with Gasteiger partial charge < -0.3 is 42.0 Å². The van der Waals surface area contributed by atoms with Crippen molar-refractivity contribution in [2.45, 2.75) is 42.2 Å².